The maximum atomic E-state index is 12.8. The van der Waals surface area contributed by atoms with E-state index in [0.29, 0.717) is 73.6 Å². The minimum atomic E-state index is -0.234. The maximum absolute atomic E-state index is 12.8. The van der Waals surface area contributed by atoms with E-state index in [2.05, 4.69) is 79.4 Å². The van der Waals surface area contributed by atoms with Gasteiger partial charge in [-0.05, 0) is 105 Å². The van der Waals surface area contributed by atoms with Gasteiger partial charge in [0.15, 0.2) is 0 Å². The molecule has 3 aliphatic heterocycles. The zero-order chi connectivity index (χ0) is 78.5. The second-order valence-corrected chi connectivity index (χ2v) is 28.0. The van der Waals surface area contributed by atoms with Gasteiger partial charge in [-0.2, -0.15) is 28.8 Å². The van der Waals surface area contributed by atoms with Crippen molar-refractivity contribution in [1.82, 2.24) is 74.4 Å². The quantitative estimate of drug-likeness (QED) is 0.0285. The summed E-state index contributed by atoms with van der Waals surface area (Å²) in [7, 11) is 15.6. The number of unbranched alkanes of at least 4 members (excludes halogenated alkanes) is 1. The van der Waals surface area contributed by atoms with Crippen LogP contribution in [-0.4, -0.2) is 201 Å². The fourth-order valence-electron chi connectivity index (χ4n) is 14.3. The van der Waals surface area contributed by atoms with E-state index >= 15 is 0 Å². The molecule has 13 aromatic rings. The predicted molar refractivity (Wildman–Crippen MR) is 456 cm³/mol. The average molecular weight is 1590 g/mol. The van der Waals surface area contributed by atoms with Crippen molar-refractivity contribution < 1.29 is 42.7 Å². The third-order valence-corrected chi connectivity index (χ3v) is 20.6. The van der Waals surface area contributed by atoms with Gasteiger partial charge in [0.2, 0.25) is 0 Å². The van der Waals surface area contributed by atoms with Gasteiger partial charge in [0, 0.05) is 202 Å². The van der Waals surface area contributed by atoms with Crippen LogP contribution in [0.1, 0.15) is 60.2 Å². The van der Waals surface area contributed by atoms with Crippen molar-refractivity contribution >= 4 is 104 Å². The summed E-state index contributed by atoms with van der Waals surface area (Å²) in [5, 5.41) is 16.3. The summed E-state index contributed by atoms with van der Waals surface area (Å²) >= 11 is 6.22. The zero-order valence-electron chi connectivity index (χ0n) is 65.3. The number of carbonyl (C=O) groups excluding carboxylic acids is 2. The highest BCUT2D eigenvalue weighted by molar-refractivity contribution is 7.59. The molecule has 2 amide bonds. The van der Waals surface area contributed by atoms with Gasteiger partial charge in [-0.3, -0.25) is 48.4 Å². The number of hydrogen-bond acceptors (Lipinski definition) is 23. The summed E-state index contributed by atoms with van der Waals surface area (Å²) in [6.45, 7) is 6.82. The maximum Gasteiger partial charge on any atom is 0.261 e. The minimum absolute atomic E-state index is 0. The number of rotatable bonds is 27. The third kappa shape index (κ3) is 19.5. The SMILES string of the molecule is C.COc1cc(OC)cc(N(CC2COCCN2)c2ccc3ncc(-c4cnn(C)c4)nc3c2)c1.COc1cc(OC)cc(N(CCCCN2C(=O)c3ccccc3C2=O)c2ccc3ncc(-c4cnn(C)c4)nc3c2)c1.COc1cc(OC)cc(N(CCCN2CCC[C@H]2CCl)c2ccc3ncc(-c4cnn(C)c4)nc3c2)c1.S. The van der Waals surface area contributed by atoms with Gasteiger partial charge in [-0.1, -0.05) is 19.6 Å². The first kappa shape index (κ1) is 82.5. The number of hydrogen-bond donors (Lipinski definition) is 1. The molecule has 27 nitrogen and oxygen atoms in total. The molecular weight excluding hydrogens is 1500 g/mol. The Morgan fingerprint density at radius 1 is 0.478 bits per heavy atom. The number of ether oxygens (including phenoxy) is 7. The lowest BCUT2D eigenvalue weighted by Gasteiger charge is -2.32. The summed E-state index contributed by atoms with van der Waals surface area (Å²) in [6.07, 6.45) is 21.2. The Labute approximate surface area is 681 Å². The van der Waals surface area contributed by atoms with Crippen LogP contribution in [-0.2, 0) is 25.9 Å². The monoisotopic (exact) mass is 1590 g/mol. The lowest BCUT2D eigenvalue weighted by atomic mass is 10.1. The normalized spacial score (nSPS) is 14.4. The van der Waals surface area contributed by atoms with Crippen LogP contribution in [0.2, 0.25) is 0 Å². The van der Waals surface area contributed by atoms with Crippen molar-refractivity contribution in [2.75, 3.05) is 122 Å². The second-order valence-electron chi connectivity index (χ2n) is 27.7. The first-order chi connectivity index (χ1) is 55.1. The third-order valence-electron chi connectivity index (χ3n) is 20.3. The van der Waals surface area contributed by atoms with E-state index in [0.717, 1.165) is 163 Å². The van der Waals surface area contributed by atoms with Crippen LogP contribution < -0.4 is 48.4 Å². The number of nitrogens with zero attached hydrogens (tertiary/aromatic N) is 17. The molecule has 9 heterocycles. The molecule has 3 aliphatic rings. The predicted octanol–water partition coefficient (Wildman–Crippen LogP) is 14.5. The Morgan fingerprint density at radius 2 is 0.878 bits per heavy atom. The van der Waals surface area contributed by atoms with Gasteiger partial charge in [0.05, 0.1) is 154 Å². The molecule has 0 spiro atoms. The summed E-state index contributed by atoms with van der Waals surface area (Å²) in [5.41, 5.74) is 16.7. The Balaban J connectivity index is 0.000000159. The summed E-state index contributed by atoms with van der Waals surface area (Å²) < 4.78 is 44.3. The zero-order valence-corrected chi connectivity index (χ0v) is 67.1. The van der Waals surface area contributed by atoms with E-state index in [1.54, 1.807) is 118 Å². The number of likely N-dealkylation sites (tertiary alicyclic amines) is 1. The van der Waals surface area contributed by atoms with Gasteiger partial charge < -0.3 is 53.2 Å². The van der Waals surface area contributed by atoms with E-state index in [4.69, 9.17) is 59.7 Å². The highest BCUT2D eigenvalue weighted by Gasteiger charge is 2.35. The summed E-state index contributed by atoms with van der Waals surface area (Å²) in [5.74, 6) is 4.52. The molecule has 6 aromatic heterocycles. The molecule has 1 unspecified atom stereocenters. The molecule has 2 atom stereocenters. The molecule has 7 aromatic carbocycles. The van der Waals surface area contributed by atoms with Crippen LogP contribution in [0.3, 0.4) is 0 Å². The topological polar surface area (TPSA) is 258 Å². The number of fused-ring (bicyclic) bond motifs is 4. The number of alkyl halides is 1. The van der Waals surface area contributed by atoms with Crippen LogP contribution >= 0.6 is 25.1 Å². The highest BCUT2D eigenvalue weighted by Crippen LogP contribution is 2.39. The highest BCUT2D eigenvalue weighted by atomic mass is 35.5. The van der Waals surface area contributed by atoms with Gasteiger partial charge in [0.1, 0.15) is 34.5 Å². The largest absolute Gasteiger partial charge is 0.497 e. The number of imide groups is 1. The fraction of sp³-hybridized carbons (Fsp3) is 0.314. The van der Waals surface area contributed by atoms with Crippen molar-refractivity contribution in [2.45, 2.75) is 51.6 Å². The van der Waals surface area contributed by atoms with Crippen molar-refractivity contribution in [1.29, 1.82) is 0 Å². The molecule has 16 rings (SSSR count). The van der Waals surface area contributed by atoms with E-state index in [-0.39, 0.29) is 38.8 Å². The van der Waals surface area contributed by atoms with Gasteiger partial charge >= 0.3 is 0 Å². The lowest BCUT2D eigenvalue weighted by molar-refractivity contribution is 0.0651. The van der Waals surface area contributed by atoms with Gasteiger partial charge in [-0.15, -0.1) is 11.6 Å². The van der Waals surface area contributed by atoms with Crippen molar-refractivity contribution in [3.05, 3.63) is 200 Å². The number of methoxy groups -OCH3 is 6. The molecule has 0 saturated carbocycles. The van der Waals surface area contributed by atoms with Crippen molar-refractivity contribution in [3.8, 4) is 68.3 Å². The van der Waals surface area contributed by atoms with Crippen molar-refractivity contribution in [3.63, 3.8) is 0 Å². The first-order valence-electron chi connectivity index (χ1n) is 37.5. The Morgan fingerprint density at radius 3 is 1.25 bits per heavy atom. The molecule has 2 fully saturated rings. The number of amides is 2. The standard InChI is InChI=1S/C32H30N6O4.C28H33ClN6O2.C25H28N6O3.CH4.H2S/c1-36-20-21(18-34-36)30-19-33-28-11-10-22(16-29(28)35-30)37(23-14-24(41-2)17-25(15-23)42-3)12-6-7-13-38-31(39)26-8-4-5-9-27(26)32(38)40;1-33-19-20(17-31-33)28-18-30-26-8-7-21(14-27(26)32-28)35(11-5-10-34-9-4-6-22(34)16-29)23-12-24(36-2)15-25(13-23)37-3;1-30-14-17(12-28-30)25-13-27-23-5-4-19(10-24(23)29-25)31(15-18-16-34-7-6-26-18)20-8-21(32-2)11-22(9-20)33-3;;/h4-5,8-11,14-20H,6-7,12-13H2,1-3H3;7-8,12-15,17-19,22H,4-6,9-11,16H2,1-3H3;4-5,8-14,18,26H,6-7,15-16H2,1-3H3;1H4;1H2/t;22-;;;/m.0.../s1. The molecule has 0 radical (unpaired) electrons. The Hall–Kier alpha value is -12.0. The first-order valence-corrected chi connectivity index (χ1v) is 38.0. The fourth-order valence-corrected chi connectivity index (χ4v) is 14.7. The minimum Gasteiger partial charge on any atom is -0.497 e. The van der Waals surface area contributed by atoms with E-state index < -0.39 is 0 Å². The molecule has 1 N–H and O–H groups in total. The molecule has 0 aliphatic carbocycles. The van der Waals surface area contributed by atoms with E-state index in [1.165, 1.54) is 17.7 Å². The number of morpholine rings is 1. The molecule has 115 heavy (non-hydrogen) atoms. The number of halogens is 1. The number of carbonyl (C=O) groups is 2. The van der Waals surface area contributed by atoms with Gasteiger partial charge in [-0.25, -0.2) is 15.0 Å². The van der Waals surface area contributed by atoms with Crippen molar-refractivity contribution in [2.24, 2.45) is 21.1 Å². The molecule has 0 bridgehead atoms. The van der Waals surface area contributed by atoms with Crippen LogP contribution in [0.15, 0.2) is 189 Å². The van der Waals surface area contributed by atoms with Crippen LogP contribution in [0, 0.1) is 0 Å². The van der Waals surface area contributed by atoms with Crippen LogP contribution in [0.5, 0.6) is 34.5 Å². The molecule has 598 valence electrons. The summed E-state index contributed by atoms with van der Waals surface area (Å²) in [4.78, 5) is 64.7. The number of benzene rings is 7. The Kier molecular flexibility index (Phi) is 27.4. The number of aromatic nitrogens is 12. The molecular formula is C86H97ClN18O9S. The van der Waals surface area contributed by atoms with Crippen LogP contribution in [0.4, 0.5) is 34.1 Å². The molecule has 2 saturated heterocycles. The second kappa shape index (κ2) is 38.3. The lowest BCUT2D eigenvalue weighted by Crippen LogP contribution is -2.47. The van der Waals surface area contributed by atoms with E-state index in [9.17, 15) is 9.59 Å². The number of aryl methyl sites for hydroxylation is 3. The Bertz CT molecular complexity index is 5410. The smallest absolute Gasteiger partial charge is 0.261 e. The number of anilines is 6. The van der Waals surface area contributed by atoms with Crippen LogP contribution in [0.25, 0.3) is 66.9 Å². The number of nitrogens with one attached hydrogen (secondary N) is 1. The molecule has 29 heteroatoms. The van der Waals surface area contributed by atoms with Gasteiger partial charge in [0.25, 0.3) is 11.8 Å². The summed E-state index contributed by atoms with van der Waals surface area (Å²) in [6, 6.07) is 43.6. The average Bonchev–Trinajstić information content (AvgIpc) is 1.73. The van der Waals surface area contributed by atoms with E-state index in [1.807, 2.05) is 125 Å².